The molecule has 2 aromatic rings. The van der Waals surface area contributed by atoms with Gasteiger partial charge in [-0.1, -0.05) is 5.16 Å². The summed E-state index contributed by atoms with van der Waals surface area (Å²) in [5, 5.41) is 7.81. The minimum absolute atomic E-state index is 0.0360. The molecule has 2 rings (SSSR count). The third-order valence-electron chi connectivity index (χ3n) is 2.99. The van der Waals surface area contributed by atoms with E-state index < -0.39 is 10.0 Å². The molecular weight excluding hydrogens is 296 g/mol. The van der Waals surface area contributed by atoms with Crippen molar-refractivity contribution in [2.45, 2.75) is 38.3 Å². The molecule has 0 aromatic carbocycles. The molecule has 0 fully saturated rings. The number of rotatable bonds is 7. The maximum Gasteiger partial charge on any atom is 0.244 e. The van der Waals surface area contributed by atoms with E-state index >= 15 is 0 Å². The lowest BCUT2D eigenvalue weighted by molar-refractivity contribution is 0.409. The van der Waals surface area contributed by atoms with E-state index in [4.69, 9.17) is 5.73 Å². The second-order valence-electron chi connectivity index (χ2n) is 4.54. The predicted octanol–water partition coefficient (Wildman–Crippen LogP) is -0.290. The van der Waals surface area contributed by atoms with Crippen molar-refractivity contribution in [3.63, 3.8) is 0 Å². The lowest BCUT2D eigenvalue weighted by Crippen LogP contribution is -2.25. The normalized spacial score (nSPS) is 12.0. The van der Waals surface area contributed by atoms with Crippen LogP contribution in [0.25, 0.3) is 0 Å². The van der Waals surface area contributed by atoms with Crippen LogP contribution in [0.1, 0.15) is 23.6 Å². The maximum atomic E-state index is 12.4. The van der Waals surface area contributed by atoms with Crippen LogP contribution in [0.3, 0.4) is 0 Å². The highest BCUT2D eigenvalue weighted by atomic mass is 32.2. The van der Waals surface area contributed by atoms with Gasteiger partial charge in [0, 0.05) is 6.54 Å². The summed E-state index contributed by atoms with van der Waals surface area (Å²) in [6.07, 6.45) is 1.88. The number of hydrogen-bond donors (Lipinski definition) is 2. The lowest BCUT2D eigenvalue weighted by atomic mass is 10.4. The number of aryl methyl sites for hydroxylation is 2. The molecule has 0 aliphatic rings. The first kappa shape index (κ1) is 15.6. The molecule has 21 heavy (non-hydrogen) atoms. The highest BCUT2D eigenvalue weighted by Crippen LogP contribution is 2.19. The summed E-state index contributed by atoms with van der Waals surface area (Å²) in [6, 6.07) is 0. The molecule has 0 radical (unpaired) electrons. The number of sulfonamides is 1. The summed E-state index contributed by atoms with van der Waals surface area (Å²) < 4.78 is 33.4. The zero-order valence-corrected chi connectivity index (χ0v) is 12.7. The van der Waals surface area contributed by atoms with Crippen LogP contribution in [0, 0.1) is 13.8 Å². The Kier molecular flexibility index (Phi) is 4.70. The number of nitrogens with zero attached hydrogens (tertiary/aromatic N) is 4. The van der Waals surface area contributed by atoms with E-state index in [1.165, 1.54) is 0 Å². The van der Waals surface area contributed by atoms with Gasteiger partial charge in [-0.25, -0.2) is 13.1 Å². The van der Waals surface area contributed by atoms with Crippen LogP contribution in [0.4, 0.5) is 0 Å². The zero-order valence-electron chi connectivity index (χ0n) is 11.9. The molecule has 2 aromatic heterocycles. The minimum atomic E-state index is -3.69. The van der Waals surface area contributed by atoms with E-state index in [1.54, 1.807) is 18.5 Å². The van der Waals surface area contributed by atoms with Crippen LogP contribution in [0.15, 0.2) is 15.8 Å². The Labute approximate surface area is 122 Å². The van der Waals surface area contributed by atoms with Gasteiger partial charge in [0.05, 0.1) is 17.9 Å². The average molecular weight is 314 g/mol. The Balaban J connectivity index is 2.21. The van der Waals surface area contributed by atoms with Crippen molar-refractivity contribution < 1.29 is 12.9 Å². The SMILES string of the molecule is Cc1nn(CCCN)c(C)c1S(=O)(=O)NCc1ncon1. The van der Waals surface area contributed by atoms with Crippen LogP contribution in [0.2, 0.25) is 0 Å². The van der Waals surface area contributed by atoms with Crippen molar-refractivity contribution >= 4 is 10.0 Å². The maximum absolute atomic E-state index is 12.4. The van der Waals surface area contributed by atoms with Crippen LogP contribution in [0.5, 0.6) is 0 Å². The number of aromatic nitrogens is 4. The van der Waals surface area contributed by atoms with E-state index in [0.717, 1.165) is 12.8 Å². The van der Waals surface area contributed by atoms with E-state index in [1.807, 2.05) is 0 Å². The lowest BCUT2D eigenvalue weighted by Gasteiger charge is -2.06. The van der Waals surface area contributed by atoms with Gasteiger partial charge < -0.3 is 10.3 Å². The highest BCUT2D eigenvalue weighted by Gasteiger charge is 2.24. The van der Waals surface area contributed by atoms with Crippen molar-refractivity contribution in [2.75, 3.05) is 6.54 Å². The van der Waals surface area contributed by atoms with Crippen molar-refractivity contribution in [2.24, 2.45) is 5.73 Å². The molecule has 3 N–H and O–H groups in total. The first-order chi connectivity index (χ1) is 9.95. The summed E-state index contributed by atoms with van der Waals surface area (Å²) >= 11 is 0. The average Bonchev–Trinajstić information content (AvgIpc) is 3.03. The monoisotopic (exact) mass is 314 g/mol. The fourth-order valence-corrected chi connectivity index (χ4v) is 3.42. The van der Waals surface area contributed by atoms with Crippen LogP contribution in [-0.2, 0) is 23.1 Å². The summed E-state index contributed by atoms with van der Waals surface area (Å²) in [6.45, 7) is 4.46. The molecule has 10 heteroatoms. The topological polar surface area (TPSA) is 129 Å². The summed E-state index contributed by atoms with van der Waals surface area (Å²) in [5.41, 5.74) is 6.50. The molecule has 0 spiro atoms. The van der Waals surface area contributed by atoms with Crippen LogP contribution in [-0.4, -0.2) is 34.9 Å². The van der Waals surface area contributed by atoms with Crippen LogP contribution < -0.4 is 10.5 Å². The van der Waals surface area contributed by atoms with Gasteiger partial charge >= 0.3 is 0 Å². The molecule has 0 bridgehead atoms. The molecule has 0 atom stereocenters. The molecule has 116 valence electrons. The molecular formula is C11H18N6O3S. The molecule has 0 aliphatic carbocycles. The summed E-state index contributed by atoms with van der Waals surface area (Å²) in [7, 11) is -3.69. The Bertz CT molecular complexity index is 692. The molecule has 0 amide bonds. The molecule has 9 nitrogen and oxygen atoms in total. The largest absolute Gasteiger partial charge is 0.343 e. The minimum Gasteiger partial charge on any atom is -0.343 e. The van der Waals surface area contributed by atoms with Crippen molar-refractivity contribution in [3.8, 4) is 0 Å². The first-order valence-electron chi connectivity index (χ1n) is 6.44. The van der Waals surface area contributed by atoms with Gasteiger partial charge in [-0.05, 0) is 26.8 Å². The Morgan fingerprint density at radius 1 is 1.43 bits per heavy atom. The van der Waals surface area contributed by atoms with Gasteiger partial charge in [-0.15, -0.1) is 0 Å². The third kappa shape index (κ3) is 3.46. The molecule has 0 saturated heterocycles. The highest BCUT2D eigenvalue weighted by molar-refractivity contribution is 7.89. The third-order valence-corrected chi connectivity index (χ3v) is 4.64. The van der Waals surface area contributed by atoms with E-state index in [2.05, 4.69) is 24.5 Å². The summed E-state index contributed by atoms with van der Waals surface area (Å²) in [4.78, 5) is 3.95. The molecule has 0 saturated carbocycles. The van der Waals surface area contributed by atoms with Gasteiger partial charge in [0.1, 0.15) is 4.90 Å². The Morgan fingerprint density at radius 2 is 2.19 bits per heavy atom. The van der Waals surface area contributed by atoms with Crippen molar-refractivity contribution in [1.82, 2.24) is 24.6 Å². The van der Waals surface area contributed by atoms with Gasteiger partial charge in [-0.2, -0.15) is 10.1 Å². The fourth-order valence-electron chi connectivity index (χ4n) is 2.03. The number of nitrogens with two attached hydrogens (primary N) is 1. The molecule has 2 heterocycles. The Morgan fingerprint density at radius 3 is 2.81 bits per heavy atom. The predicted molar refractivity (Wildman–Crippen MR) is 73.7 cm³/mol. The summed E-state index contributed by atoms with van der Waals surface area (Å²) in [5.74, 6) is 0.268. The van der Waals surface area contributed by atoms with E-state index in [0.29, 0.717) is 24.5 Å². The van der Waals surface area contributed by atoms with Gasteiger partial charge in [-0.3, -0.25) is 4.68 Å². The quantitative estimate of drug-likeness (QED) is 0.718. The van der Waals surface area contributed by atoms with Gasteiger partial charge in [0.25, 0.3) is 0 Å². The van der Waals surface area contributed by atoms with E-state index in [9.17, 15) is 8.42 Å². The Hall–Kier alpha value is -1.78. The number of hydrogen-bond acceptors (Lipinski definition) is 7. The zero-order chi connectivity index (χ0) is 15.5. The van der Waals surface area contributed by atoms with E-state index in [-0.39, 0.29) is 17.3 Å². The van der Waals surface area contributed by atoms with Gasteiger partial charge in [0.15, 0.2) is 5.82 Å². The fraction of sp³-hybridized carbons (Fsp3) is 0.545. The van der Waals surface area contributed by atoms with Crippen molar-refractivity contribution in [1.29, 1.82) is 0 Å². The van der Waals surface area contributed by atoms with Crippen molar-refractivity contribution in [3.05, 3.63) is 23.6 Å². The van der Waals surface area contributed by atoms with Crippen LogP contribution >= 0.6 is 0 Å². The number of nitrogens with one attached hydrogen (secondary N) is 1. The second-order valence-corrected chi connectivity index (χ2v) is 6.24. The first-order valence-corrected chi connectivity index (χ1v) is 7.93. The van der Waals surface area contributed by atoms with Gasteiger partial charge in [0.2, 0.25) is 16.4 Å². The smallest absolute Gasteiger partial charge is 0.244 e. The molecule has 0 unspecified atom stereocenters. The second kappa shape index (κ2) is 6.33. The standard InChI is InChI=1S/C11H18N6O3S/c1-8-11(9(2)17(15-8)5-3-4-12)21(18,19)14-6-10-13-7-20-16-10/h7,14H,3-6,12H2,1-2H3. The molecule has 0 aliphatic heterocycles.